The molecule has 1 aliphatic heterocycles. The van der Waals surface area contributed by atoms with Crippen molar-refractivity contribution in [2.75, 3.05) is 13.1 Å². The molecule has 0 radical (unpaired) electrons. The van der Waals surface area contributed by atoms with Gasteiger partial charge in [-0.25, -0.2) is 0 Å². The van der Waals surface area contributed by atoms with Gasteiger partial charge in [-0.2, -0.15) is 0 Å². The predicted molar refractivity (Wildman–Crippen MR) is 70.2 cm³/mol. The van der Waals surface area contributed by atoms with E-state index in [2.05, 4.69) is 12.3 Å². The second-order valence-electron chi connectivity index (χ2n) is 5.15. The lowest BCUT2D eigenvalue weighted by Crippen LogP contribution is -2.39. The number of amides is 1. The van der Waals surface area contributed by atoms with Gasteiger partial charge in [-0.1, -0.05) is 0 Å². The summed E-state index contributed by atoms with van der Waals surface area (Å²) < 4.78 is 2.03. The molecule has 4 nitrogen and oxygen atoms in total. The maximum atomic E-state index is 11.9. The topological polar surface area (TPSA) is 45.5 Å². The third kappa shape index (κ3) is 3.60. The molecule has 100 valence electrons. The highest BCUT2D eigenvalue weighted by atomic mass is 16.3. The molecule has 0 saturated carbocycles. The average molecular weight is 250 g/mol. The molecule has 0 aromatic carbocycles. The molecule has 1 amide bonds. The van der Waals surface area contributed by atoms with Crippen LogP contribution in [0.15, 0.2) is 18.5 Å². The standard InChI is InChI=1S/C14H22N2O2/c1-15-8-5-12(11-15)3-2-4-14(18)16-9-6-13(17)7-10-16/h5,8,11,13,17H,2-4,6-7,9-10H2,1H3. The molecule has 2 rings (SSSR count). The van der Waals surface area contributed by atoms with Gasteiger partial charge in [-0.3, -0.25) is 4.79 Å². The molecular weight excluding hydrogens is 228 g/mol. The second-order valence-corrected chi connectivity index (χ2v) is 5.15. The minimum absolute atomic E-state index is 0.210. The van der Waals surface area contributed by atoms with Crippen molar-refractivity contribution in [1.82, 2.24) is 9.47 Å². The molecule has 1 aromatic rings. The Kier molecular flexibility index (Phi) is 4.42. The van der Waals surface area contributed by atoms with Crippen LogP contribution in [0.1, 0.15) is 31.2 Å². The Labute approximate surface area is 108 Å². The SMILES string of the molecule is Cn1ccc(CCCC(=O)N2CCC(O)CC2)c1. The van der Waals surface area contributed by atoms with Crippen LogP contribution in [0.5, 0.6) is 0 Å². The van der Waals surface area contributed by atoms with E-state index in [1.54, 1.807) is 0 Å². The van der Waals surface area contributed by atoms with Crippen LogP contribution in [0.4, 0.5) is 0 Å². The largest absolute Gasteiger partial charge is 0.393 e. The van der Waals surface area contributed by atoms with Crippen LogP contribution in [0.25, 0.3) is 0 Å². The van der Waals surface area contributed by atoms with Crippen LogP contribution in [-0.4, -0.2) is 39.7 Å². The molecule has 1 aliphatic rings. The van der Waals surface area contributed by atoms with E-state index in [-0.39, 0.29) is 12.0 Å². The predicted octanol–water partition coefficient (Wildman–Crippen LogP) is 1.33. The molecule has 0 spiro atoms. The number of carbonyl (C=O) groups is 1. The summed E-state index contributed by atoms with van der Waals surface area (Å²) in [6, 6.07) is 2.10. The van der Waals surface area contributed by atoms with Gasteiger partial charge < -0.3 is 14.6 Å². The van der Waals surface area contributed by atoms with E-state index in [1.807, 2.05) is 22.7 Å². The van der Waals surface area contributed by atoms with Gasteiger partial charge in [0, 0.05) is 39.0 Å². The Morgan fingerprint density at radius 1 is 1.44 bits per heavy atom. The number of aliphatic hydroxyl groups excluding tert-OH is 1. The van der Waals surface area contributed by atoms with Crippen molar-refractivity contribution in [3.05, 3.63) is 24.0 Å². The number of carbonyl (C=O) groups excluding carboxylic acids is 1. The third-order valence-electron chi connectivity index (χ3n) is 3.57. The fraction of sp³-hybridized carbons (Fsp3) is 0.643. The molecule has 0 bridgehead atoms. The van der Waals surface area contributed by atoms with Crippen LogP contribution >= 0.6 is 0 Å². The maximum absolute atomic E-state index is 11.9. The molecule has 1 fully saturated rings. The second kappa shape index (κ2) is 6.05. The first kappa shape index (κ1) is 13.1. The van der Waals surface area contributed by atoms with Gasteiger partial charge in [0.15, 0.2) is 0 Å². The molecule has 1 aromatic heterocycles. The van der Waals surface area contributed by atoms with Gasteiger partial charge in [-0.05, 0) is 37.3 Å². The van der Waals surface area contributed by atoms with E-state index in [4.69, 9.17) is 0 Å². The number of nitrogens with zero attached hydrogens (tertiary/aromatic N) is 2. The number of aromatic nitrogens is 1. The summed E-state index contributed by atoms with van der Waals surface area (Å²) in [4.78, 5) is 13.8. The summed E-state index contributed by atoms with van der Waals surface area (Å²) >= 11 is 0. The lowest BCUT2D eigenvalue weighted by Gasteiger charge is -2.29. The van der Waals surface area contributed by atoms with Crippen molar-refractivity contribution >= 4 is 5.91 Å². The quantitative estimate of drug-likeness (QED) is 0.876. The zero-order chi connectivity index (χ0) is 13.0. The van der Waals surface area contributed by atoms with Gasteiger partial charge >= 0.3 is 0 Å². The zero-order valence-electron chi connectivity index (χ0n) is 11.0. The summed E-state index contributed by atoms with van der Waals surface area (Å²) in [7, 11) is 2.01. The lowest BCUT2D eigenvalue weighted by atomic mass is 10.1. The van der Waals surface area contributed by atoms with E-state index >= 15 is 0 Å². The van der Waals surface area contributed by atoms with E-state index in [0.717, 1.165) is 25.7 Å². The van der Waals surface area contributed by atoms with Crippen molar-refractivity contribution in [1.29, 1.82) is 0 Å². The van der Waals surface area contributed by atoms with Crippen LogP contribution in [-0.2, 0) is 18.3 Å². The average Bonchev–Trinajstić information content (AvgIpc) is 2.76. The summed E-state index contributed by atoms with van der Waals surface area (Å²) in [5.41, 5.74) is 1.29. The van der Waals surface area contributed by atoms with Crippen molar-refractivity contribution in [3.8, 4) is 0 Å². The minimum atomic E-state index is -0.210. The fourth-order valence-electron chi connectivity index (χ4n) is 2.43. The molecule has 1 saturated heterocycles. The minimum Gasteiger partial charge on any atom is -0.393 e. The molecule has 0 atom stereocenters. The Balaban J connectivity index is 1.68. The zero-order valence-corrected chi connectivity index (χ0v) is 11.0. The van der Waals surface area contributed by atoms with Crippen molar-refractivity contribution < 1.29 is 9.90 Å². The Morgan fingerprint density at radius 3 is 2.78 bits per heavy atom. The van der Waals surface area contributed by atoms with Crippen molar-refractivity contribution in [3.63, 3.8) is 0 Å². The monoisotopic (exact) mass is 250 g/mol. The number of hydrogen-bond acceptors (Lipinski definition) is 2. The Hall–Kier alpha value is -1.29. The van der Waals surface area contributed by atoms with Gasteiger partial charge in [0.05, 0.1) is 6.10 Å². The molecule has 0 aliphatic carbocycles. The summed E-state index contributed by atoms with van der Waals surface area (Å²) in [6.07, 6.45) is 7.86. The first-order valence-electron chi connectivity index (χ1n) is 6.72. The molecule has 2 heterocycles. The summed E-state index contributed by atoms with van der Waals surface area (Å²) in [5, 5.41) is 9.40. The first-order valence-corrected chi connectivity index (χ1v) is 6.72. The number of aryl methyl sites for hydroxylation is 2. The lowest BCUT2D eigenvalue weighted by molar-refractivity contribution is -0.133. The van der Waals surface area contributed by atoms with E-state index < -0.39 is 0 Å². The number of aliphatic hydroxyl groups is 1. The van der Waals surface area contributed by atoms with Gasteiger partial charge in [0.25, 0.3) is 0 Å². The van der Waals surface area contributed by atoms with E-state index in [1.165, 1.54) is 5.56 Å². The van der Waals surface area contributed by atoms with E-state index in [9.17, 15) is 9.90 Å². The number of piperidine rings is 1. The first-order chi connectivity index (χ1) is 8.65. The van der Waals surface area contributed by atoms with Gasteiger partial charge in [0.1, 0.15) is 0 Å². The summed E-state index contributed by atoms with van der Waals surface area (Å²) in [5.74, 6) is 0.234. The number of rotatable bonds is 4. The summed E-state index contributed by atoms with van der Waals surface area (Å²) in [6.45, 7) is 1.43. The highest BCUT2D eigenvalue weighted by molar-refractivity contribution is 5.76. The molecule has 18 heavy (non-hydrogen) atoms. The molecule has 4 heteroatoms. The highest BCUT2D eigenvalue weighted by Crippen LogP contribution is 2.13. The van der Waals surface area contributed by atoms with Crippen LogP contribution in [0, 0.1) is 0 Å². The van der Waals surface area contributed by atoms with Gasteiger partial charge in [0.2, 0.25) is 5.91 Å². The van der Waals surface area contributed by atoms with Gasteiger partial charge in [-0.15, -0.1) is 0 Å². The van der Waals surface area contributed by atoms with Crippen LogP contribution in [0.2, 0.25) is 0 Å². The number of likely N-dealkylation sites (tertiary alicyclic amines) is 1. The molecule has 1 N–H and O–H groups in total. The van der Waals surface area contributed by atoms with Crippen molar-refractivity contribution in [2.24, 2.45) is 7.05 Å². The Morgan fingerprint density at radius 2 is 2.17 bits per heavy atom. The smallest absolute Gasteiger partial charge is 0.222 e. The normalized spacial score (nSPS) is 17.1. The maximum Gasteiger partial charge on any atom is 0.222 e. The molecule has 0 unspecified atom stereocenters. The van der Waals surface area contributed by atoms with Crippen LogP contribution < -0.4 is 0 Å². The van der Waals surface area contributed by atoms with Crippen molar-refractivity contribution in [2.45, 2.75) is 38.2 Å². The highest BCUT2D eigenvalue weighted by Gasteiger charge is 2.20. The van der Waals surface area contributed by atoms with E-state index in [0.29, 0.717) is 19.5 Å². The Bertz CT molecular complexity index is 392. The third-order valence-corrected chi connectivity index (χ3v) is 3.57. The van der Waals surface area contributed by atoms with Crippen LogP contribution in [0.3, 0.4) is 0 Å². The number of hydrogen-bond donors (Lipinski definition) is 1. The fourth-order valence-corrected chi connectivity index (χ4v) is 2.43. The molecular formula is C14H22N2O2.